The highest BCUT2D eigenvalue weighted by atomic mass is 32.2. The molecule has 0 aliphatic carbocycles. The standard InChI is InChI=1S/C13H18N4O2S/c1-14-20(18,19)13-6-4-3-5-12(13)15-9-7-11-8-10-17(2)16-11/h3-6,8,10,14-15H,7,9H2,1-2H3. The molecule has 1 heterocycles. The molecule has 0 atom stereocenters. The fourth-order valence-corrected chi connectivity index (χ4v) is 2.79. The summed E-state index contributed by atoms with van der Waals surface area (Å²) in [7, 11) is -0.182. The molecule has 0 spiro atoms. The van der Waals surface area contributed by atoms with Crippen LogP contribution in [0.15, 0.2) is 41.4 Å². The second-order valence-corrected chi connectivity index (χ2v) is 6.22. The third-order valence-corrected chi connectivity index (χ3v) is 4.38. The van der Waals surface area contributed by atoms with Gasteiger partial charge in [-0.2, -0.15) is 5.10 Å². The van der Waals surface area contributed by atoms with Crippen LogP contribution in [0.4, 0.5) is 5.69 Å². The molecule has 0 aliphatic heterocycles. The molecule has 0 amide bonds. The quantitative estimate of drug-likeness (QED) is 0.833. The average Bonchev–Trinajstić information content (AvgIpc) is 2.85. The minimum absolute atomic E-state index is 0.253. The number of benzene rings is 1. The highest BCUT2D eigenvalue weighted by Gasteiger charge is 2.15. The zero-order valence-electron chi connectivity index (χ0n) is 11.5. The average molecular weight is 294 g/mol. The normalized spacial score (nSPS) is 11.5. The van der Waals surface area contributed by atoms with E-state index in [0.29, 0.717) is 12.2 Å². The summed E-state index contributed by atoms with van der Waals surface area (Å²) in [6.07, 6.45) is 2.61. The van der Waals surface area contributed by atoms with Crippen LogP contribution in [-0.4, -0.2) is 31.8 Å². The lowest BCUT2D eigenvalue weighted by atomic mass is 10.3. The molecule has 1 aromatic carbocycles. The van der Waals surface area contributed by atoms with E-state index < -0.39 is 10.0 Å². The van der Waals surface area contributed by atoms with E-state index in [1.165, 1.54) is 7.05 Å². The Hall–Kier alpha value is -1.86. The van der Waals surface area contributed by atoms with E-state index in [2.05, 4.69) is 15.1 Å². The Balaban J connectivity index is 2.06. The lowest BCUT2D eigenvalue weighted by molar-refractivity contribution is 0.588. The van der Waals surface area contributed by atoms with Gasteiger partial charge in [0, 0.05) is 26.2 Å². The molecule has 6 nitrogen and oxygen atoms in total. The minimum Gasteiger partial charge on any atom is -0.384 e. The van der Waals surface area contributed by atoms with Gasteiger partial charge in [-0.15, -0.1) is 0 Å². The fraction of sp³-hybridized carbons (Fsp3) is 0.308. The van der Waals surface area contributed by atoms with Gasteiger partial charge < -0.3 is 5.32 Å². The number of hydrogen-bond donors (Lipinski definition) is 2. The molecule has 2 rings (SSSR count). The summed E-state index contributed by atoms with van der Waals surface area (Å²) < 4.78 is 27.9. The Morgan fingerprint density at radius 3 is 2.65 bits per heavy atom. The van der Waals surface area contributed by atoms with Crippen LogP contribution in [0.5, 0.6) is 0 Å². The first-order chi connectivity index (χ1) is 9.53. The highest BCUT2D eigenvalue weighted by molar-refractivity contribution is 7.89. The second-order valence-electron chi connectivity index (χ2n) is 4.36. The van der Waals surface area contributed by atoms with Crippen molar-refractivity contribution in [3.8, 4) is 0 Å². The third-order valence-electron chi connectivity index (χ3n) is 2.91. The number of sulfonamides is 1. The van der Waals surface area contributed by atoms with Crippen molar-refractivity contribution in [3.05, 3.63) is 42.2 Å². The molecule has 2 N–H and O–H groups in total. The third kappa shape index (κ3) is 3.37. The van der Waals surface area contributed by atoms with Crippen LogP contribution in [0.3, 0.4) is 0 Å². The Morgan fingerprint density at radius 2 is 2.00 bits per heavy atom. The molecule has 1 aromatic heterocycles. The van der Waals surface area contributed by atoms with Gasteiger partial charge in [-0.05, 0) is 25.2 Å². The van der Waals surface area contributed by atoms with E-state index in [1.54, 1.807) is 28.9 Å². The van der Waals surface area contributed by atoms with Crippen molar-refractivity contribution in [2.75, 3.05) is 18.9 Å². The van der Waals surface area contributed by atoms with Crippen molar-refractivity contribution < 1.29 is 8.42 Å². The summed E-state index contributed by atoms with van der Waals surface area (Å²) in [6, 6.07) is 8.78. The van der Waals surface area contributed by atoms with Gasteiger partial charge in [-0.1, -0.05) is 12.1 Å². The lowest BCUT2D eigenvalue weighted by Crippen LogP contribution is -2.20. The fourth-order valence-electron chi connectivity index (χ4n) is 1.88. The molecule has 0 saturated carbocycles. The molecule has 0 unspecified atom stereocenters. The van der Waals surface area contributed by atoms with E-state index >= 15 is 0 Å². The molecule has 0 radical (unpaired) electrons. The Morgan fingerprint density at radius 1 is 1.25 bits per heavy atom. The molecule has 0 fully saturated rings. The van der Waals surface area contributed by atoms with Crippen LogP contribution < -0.4 is 10.0 Å². The van der Waals surface area contributed by atoms with Gasteiger partial charge in [0.1, 0.15) is 4.90 Å². The van der Waals surface area contributed by atoms with Crippen molar-refractivity contribution in [2.24, 2.45) is 7.05 Å². The van der Waals surface area contributed by atoms with Crippen LogP contribution in [0, 0.1) is 0 Å². The number of aromatic nitrogens is 2. The summed E-state index contributed by atoms with van der Waals surface area (Å²) >= 11 is 0. The van der Waals surface area contributed by atoms with E-state index in [1.807, 2.05) is 19.3 Å². The summed E-state index contributed by atoms with van der Waals surface area (Å²) in [5.41, 5.74) is 1.56. The highest BCUT2D eigenvalue weighted by Crippen LogP contribution is 2.20. The number of nitrogens with zero attached hydrogens (tertiary/aromatic N) is 2. The van der Waals surface area contributed by atoms with Crippen molar-refractivity contribution >= 4 is 15.7 Å². The van der Waals surface area contributed by atoms with Gasteiger partial charge in [0.05, 0.1) is 11.4 Å². The summed E-state index contributed by atoms with van der Waals surface area (Å²) in [5, 5.41) is 7.42. The Bertz CT molecular complexity index is 679. The van der Waals surface area contributed by atoms with Crippen molar-refractivity contribution in [2.45, 2.75) is 11.3 Å². The molecule has 0 saturated heterocycles. The number of nitrogens with one attached hydrogen (secondary N) is 2. The molecule has 0 aliphatic rings. The van der Waals surface area contributed by atoms with Crippen LogP contribution in [0.2, 0.25) is 0 Å². The van der Waals surface area contributed by atoms with Crippen LogP contribution in [-0.2, 0) is 23.5 Å². The van der Waals surface area contributed by atoms with Crippen molar-refractivity contribution in [1.82, 2.24) is 14.5 Å². The Kier molecular flexibility index (Phi) is 4.41. The van der Waals surface area contributed by atoms with Crippen molar-refractivity contribution in [1.29, 1.82) is 0 Å². The predicted molar refractivity (Wildman–Crippen MR) is 78.1 cm³/mol. The first-order valence-corrected chi connectivity index (χ1v) is 7.76. The van der Waals surface area contributed by atoms with Gasteiger partial charge in [-0.25, -0.2) is 13.1 Å². The van der Waals surface area contributed by atoms with Crippen molar-refractivity contribution in [3.63, 3.8) is 0 Å². The van der Waals surface area contributed by atoms with Gasteiger partial charge in [0.15, 0.2) is 0 Å². The van der Waals surface area contributed by atoms with Gasteiger partial charge in [-0.3, -0.25) is 4.68 Å². The topological polar surface area (TPSA) is 76.0 Å². The predicted octanol–water partition coefficient (Wildman–Crippen LogP) is 0.983. The first kappa shape index (κ1) is 14.5. The molecule has 20 heavy (non-hydrogen) atoms. The largest absolute Gasteiger partial charge is 0.384 e. The van der Waals surface area contributed by atoms with Gasteiger partial charge in [0.25, 0.3) is 0 Å². The Labute approximate surface area is 118 Å². The van der Waals surface area contributed by atoms with Crippen LogP contribution in [0.25, 0.3) is 0 Å². The number of aryl methyl sites for hydroxylation is 1. The smallest absolute Gasteiger partial charge is 0.242 e. The van der Waals surface area contributed by atoms with E-state index in [-0.39, 0.29) is 4.90 Å². The monoisotopic (exact) mass is 294 g/mol. The lowest BCUT2D eigenvalue weighted by Gasteiger charge is -2.11. The summed E-state index contributed by atoms with van der Waals surface area (Å²) in [6.45, 7) is 0.618. The minimum atomic E-state index is -3.45. The molecule has 108 valence electrons. The van der Waals surface area contributed by atoms with Gasteiger partial charge >= 0.3 is 0 Å². The number of hydrogen-bond acceptors (Lipinski definition) is 4. The zero-order valence-corrected chi connectivity index (χ0v) is 12.3. The van der Waals surface area contributed by atoms with E-state index in [0.717, 1.165) is 12.1 Å². The number of rotatable bonds is 6. The molecule has 7 heteroatoms. The summed E-state index contributed by atoms with van der Waals surface area (Å²) in [5.74, 6) is 0. The molecular weight excluding hydrogens is 276 g/mol. The maximum atomic E-state index is 11.9. The van der Waals surface area contributed by atoms with Gasteiger partial charge in [0.2, 0.25) is 10.0 Å². The zero-order chi connectivity index (χ0) is 14.6. The summed E-state index contributed by atoms with van der Waals surface area (Å²) in [4.78, 5) is 0.253. The number of anilines is 1. The molecule has 2 aromatic rings. The number of para-hydroxylation sites is 1. The SMILES string of the molecule is CNS(=O)(=O)c1ccccc1NCCc1ccn(C)n1. The van der Waals surface area contributed by atoms with Crippen LogP contribution >= 0.6 is 0 Å². The van der Waals surface area contributed by atoms with E-state index in [4.69, 9.17) is 0 Å². The van der Waals surface area contributed by atoms with E-state index in [9.17, 15) is 8.42 Å². The molecular formula is C13H18N4O2S. The first-order valence-electron chi connectivity index (χ1n) is 6.28. The maximum Gasteiger partial charge on any atom is 0.242 e. The second kappa shape index (κ2) is 6.06. The molecule has 0 bridgehead atoms. The maximum absolute atomic E-state index is 11.9. The van der Waals surface area contributed by atoms with Crippen LogP contribution in [0.1, 0.15) is 5.69 Å².